The standard InChI is InChI=1S/C11H18N4O2S/c1-15-8-10(11(12)14-15)18(16,17)13-7-9-5-3-2-4-6-9/h2-3,8-9,13H,4-7H2,1H3,(H2,12,14). The third-order valence-electron chi connectivity index (χ3n) is 3.05. The van der Waals surface area contributed by atoms with Crippen molar-refractivity contribution in [1.82, 2.24) is 14.5 Å². The number of allylic oxidation sites excluding steroid dienone is 2. The van der Waals surface area contributed by atoms with Gasteiger partial charge in [-0.15, -0.1) is 0 Å². The van der Waals surface area contributed by atoms with Crippen LogP contribution in [0.3, 0.4) is 0 Å². The third-order valence-corrected chi connectivity index (χ3v) is 4.49. The molecule has 2 rings (SSSR count). The van der Waals surface area contributed by atoms with E-state index in [1.54, 1.807) is 7.05 Å². The Balaban J connectivity index is 2.03. The normalized spacial score (nSPS) is 20.2. The van der Waals surface area contributed by atoms with Crippen LogP contribution in [0, 0.1) is 5.92 Å². The molecule has 0 saturated heterocycles. The smallest absolute Gasteiger partial charge is 0.245 e. The summed E-state index contributed by atoms with van der Waals surface area (Å²) in [6.07, 6.45) is 8.59. The highest BCUT2D eigenvalue weighted by atomic mass is 32.2. The molecule has 100 valence electrons. The third kappa shape index (κ3) is 2.91. The van der Waals surface area contributed by atoms with Crippen molar-refractivity contribution in [3.8, 4) is 0 Å². The molecule has 18 heavy (non-hydrogen) atoms. The predicted molar refractivity (Wildman–Crippen MR) is 69.3 cm³/mol. The van der Waals surface area contributed by atoms with Gasteiger partial charge in [-0.2, -0.15) is 5.10 Å². The lowest BCUT2D eigenvalue weighted by atomic mass is 9.95. The Kier molecular flexibility index (Phi) is 3.72. The fraction of sp³-hybridized carbons (Fsp3) is 0.545. The van der Waals surface area contributed by atoms with Crippen molar-refractivity contribution < 1.29 is 8.42 Å². The number of rotatable bonds is 4. The number of aryl methyl sites for hydroxylation is 1. The van der Waals surface area contributed by atoms with Gasteiger partial charge in [-0.25, -0.2) is 13.1 Å². The van der Waals surface area contributed by atoms with E-state index in [1.807, 2.05) is 0 Å². The molecule has 0 bridgehead atoms. The van der Waals surface area contributed by atoms with E-state index in [1.165, 1.54) is 10.9 Å². The van der Waals surface area contributed by atoms with Gasteiger partial charge in [-0.1, -0.05) is 12.2 Å². The van der Waals surface area contributed by atoms with E-state index in [4.69, 9.17) is 5.73 Å². The van der Waals surface area contributed by atoms with Crippen LogP contribution >= 0.6 is 0 Å². The molecule has 1 aromatic heterocycles. The molecule has 1 heterocycles. The lowest BCUT2D eigenvalue weighted by Gasteiger charge is -2.17. The zero-order chi connectivity index (χ0) is 13.2. The molecule has 1 aliphatic carbocycles. The molecular formula is C11H18N4O2S. The zero-order valence-electron chi connectivity index (χ0n) is 10.3. The lowest BCUT2D eigenvalue weighted by Crippen LogP contribution is -2.30. The maximum absolute atomic E-state index is 12.0. The van der Waals surface area contributed by atoms with Crippen molar-refractivity contribution in [3.05, 3.63) is 18.3 Å². The van der Waals surface area contributed by atoms with Crippen LogP contribution in [0.25, 0.3) is 0 Å². The van der Waals surface area contributed by atoms with Gasteiger partial charge in [0.2, 0.25) is 10.0 Å². The number of aromatic nitrogens is 2. The van der Waals surface area contributed by atoms with Crippen LogP contribution in [0.2, 0.25) is 0 Å². The molecule has 0 saturated carbocycles. The predicted octanol–water partition coefficient (Wildman–Crippen LogP) is 0.637. The van der Waals surface area contributed by atoms with Crippen LogP contribution in [-0.2, 0) is 17.1 Å². The number of anilines is 1. The summed E-state index contributed by atoms with van der Waals surface area (Å²) in [5.74, 6) is 0.399. The second-order valence-corrected chi connectivity index (χ2v) is 6.29. The van der Waals surface area contributed by atoms with Gasteiger partial charge in [0, 0.05) is 19.8 Å². The number of nitrogens with zero attached hydrogens (tertiary/aromatic N) is 2. The first-order valence-corrected chi connectivity index (χ1v) is 7.41. The van der Waals surface area contributed by atoms with Gasteiger partial charge < -0.3 is 5.73 Å². The van der Waals surface area contributed by atoms with Gasteiger partial charge >= 0.3 is 0 Å². The molecule has 1 aliphatic rings. The van der Waals surface area contributed by atoms with Gasteiger partial charge in [0.25, 0.3) is 0 Å². The van der Waals surface area contributed by atoms with Crippen LogP contribution in [0.4, 0.5) is 5.82 Å². The highest BCUT2D eigenvalue weighted by molar-refractivity contribution is 7.89. The maximum atomic E-state index is 12.0. The van der Waals surface area contributed by atoms with Crippen molar-refractivity contribution in [2.45, 2.75) is 24.2 Å². The summed E-state index contributed by atoms with van der Waals surface area (Å²) in [5, 5.41) is 3.84. The topological polar surface area (TPSA) is 90.0 Å². The molecule has 0 radical (unpaired) electrons. The van der Waals surface area contributed by atoms with Gasteiger partial charge in [0.05, 0.1) is 0 Å². The van der Waals surface area contributed by atoms with E-state index in [0.29, 0.717) is 12.5 Å². The minimum absolute atomic E-state index is 0.0357. The summed E-state index contributed by atoms with van der Waals surface area (Å²) in [4.78, 5) is 0.0522. The van der Waals surface area contributed by atoms with Gasteiger partial charge in [-0.3, -0.25) is 4.68 Å². The Bertz CT molecular complexity index is 547. The molecule has 0 spiro atoms. The van der Waals surface area contributed by atoms with Crippen LogP contribution in [0.1, 0.15) is 19.3 Å². The highest BCUT2D eigenvalue weighted by Gasteiger charge is 2.22. The van der Waals surface area contributed by atoms with E-state index >= 15 is 0 Å². The SMILES string of the molecule is Cn1cc(S(=O)(=O)NCC2CC=CCC2)c(N)n1. The van der Waals surface area contributed by atoms with Gasteiger partial charge in [0.1, 0.15) is 4.90 Å². The maximum Gasteiger partial charge on any atom is 0.245 e. The quantitative estimate of drug-likeness (QED) is 0.785. The van der Waals surface area contributed by atoms with E-state index in [0.717, 1.165) is 19.3 Å². The molecule has 1 aromatic rings. The average molecular weight is 270 g/mol. The Labute approximate surface area is 107 Å². The van der Waals surface area contributed by atoms with Crippen molar-refractivity contribution >= 4 is 15.8 Å². The molecule has 0 fully saturated rings. The van der Waals surface area contributed by atoms with Crippen LogP contribution in [0.15, 0.2) is 23.2 Å². The monoisotopic (exact) mass is 270 g/mol. The largest absolute Gasteiger partial charge is 0.381 e. The Morgan fingerprint density at radius 2 is 2.33 bits per heavy atom. The molecule has 7 heteroatoms. The van der Waals surface area contributed by atoms with Crippen molar-refractivity contribution in [2.24, 2.45) is 13.0 Å². The fourth-order valence-corrected chi connectivity index (χ4v) is 3.26. The minimum atomic E-state index is -3.55. The number of nitrogens with two attached hydrogens (primary N) is 1. The Morgan fingerprint density at radius 3 is 2.89 bits per heavy atom. The molecule has 1 atom stereocenters. The minimum Gasteiger partial charge on any atom is -0.381 e. The van der Waals surface area contributed by atoms with Crippen LogP contribution in [-0.4, -0.2) is 24.7 Å². The second-order valence-electron chi connectivity index (χ2n) is 4.55. The Morgan fingerprint density at radius 1 is 1.56 bits per heavy atom. The first-order valence-electron chi connectivity index (χ1n) is 5.93. The summed E-state index contributed by atoms with van der Waals surface area (Å²) in [6, 6.07) is 0. The Hall–Kier alpha value is -1.34. The number of hydrogen-bond donors (Lipinski definition) is 2. The number of nitrogen functional groups attached to an aromatic ring is 1. The van der Waals surface area contributed by atoms with E-state index in [2.05, 4.69) is 22.0 Å². The molecule has 1 unspecified atom stereocenters. The van der Waals surface area contributed by atoms with Crippen molar-refractivity contribution in [2.75, 3.05) is 12.3 Å². The molecule has 0 amide bonds. The van der Waals surface area contributed by atoms with E-state index < -0.39 is 10.0 Å². The van der Waals surface area contributed by atoms with Gasteiger partial charge in [0.15, 0.2) is 5.82 Å². The molecule has 0 aliphatic heterocycles. The molecular weight excluding hydrogens is 252 g/mol. The van der Waals surface area contributed by atoms with Gasteiger partial charge in [-0.05, 0) is 25.2 Å². The number of nitrogens with one attached hydrogen (secondary N) is 1. The fourth-order valence-electron chi connectivity index (χ4n) is 2.04. The van der Waals surface area contributed by atoms with Crippen LogP contribution in [0.5, 0.6) is 0 Å². The summed E-state index contributed by atoms with van der Waals surface area (Å²) in [5.41, 5.74) is 5.57. The molecule has 6 nitrogen and oxygen atoms in total. The second kappa shape index (κ2) is 5.11. The van der Waals surface area contributed by atoms with Crippen molar-refractivity contribution in [3.63, 3.8) is 0 Å². The summed E-state index contributed by atoms with van der Waals surface area (Å²) in [6.45, 7) is 0.445. The number of sulfonamides is 1. The summed E-state index contributed by atoms with van der Waals surface area (Å²) < 4.78 is 28.1. The first kappa shape index (κ1) is 13.1. The van der Waals surface area contributed by atoms with E-state index in [9.17, 15) is 8.42 Å². The van der Waals surface area contributed by atoms with Crippen LogP contribution < -0.4 is 10.5 Å². The average Bonchev–Trinajstić information content (AvgIpc) is 2.68. The lowest BCUT2D eigenvalue weighted by molar-refractivity contribution is 0.468. The van der Waals surface area contributed by atoms with E-state index in [-0.39, 0.29) is 10.7 Å². The van der Waals surface area contributed by atoms with Crippen molar-refractivity contribution in [1.29, 1.82) is 0 Å². The molecule has 3 N–H and O–H groups in total. The first-order chi connectivity index (χ1) is 8.49. The molecule has 0 aromatic carbocycles. The number of hydrogen-bond acceptors (Lipinski definition) is 4. The summed E-state index contributed by atoms with van der Waals surface area (Å²) >= 11 is 0. The highest BCUT2D eigenvalue weighted by Crippen LogP contribution is 2.19. The zero-order valence-corrected chi connectivity index (χ0v) is 11.2. The summed E-state index contributed by atoms with van der Waals surface area (Å²) in [7, 11) is -1.91.